The highest BCUT2D eigenvalue weighted by molar-refractivity contribution is 7.14. The molecule has 0 unspecified atom stereocenters. The van der Waals surface area contributed by atoms with Gasteiger partial charge in [-0.25, -0.2) is 4.98 Å². The van der Waals surface area contributed by atoms with E-state index in [2.05, 4.69) is 21.4 Å². The summed E-state index contributed by atoms with van der Waals surface area (Å²) in [7, 11) is 1.61. The Morgan fingerprint density at radius 1 is 1.34 bits per heavy atom. The third-order valence-electron chi connectivity index (χ3n) is 4.34. The SMILES string of the molecule is COCCN(CCC(=O)Nc1sccc1C#N)Cc1nc2ccccc2c(=O)[nH]1. The highest BCUT2D eigenvalue weighted by Gasteiger charge is 2.13. The lowest BCUT2D eigenvalue weighted by atomic mass is 10.2. The third-order valence-corrected chi connectivity index (χ3v) is 5.17. The lowest BCUT2D eigenvalue weighted by Gasteiger charge is -2.21. The zero-order chi connectivity index (χ0) is 20.6. The maximum Gasteiger partial charge on any atom is 0.258 e. The van der Waals surface area contributed by atoms with Gasteiger partial charge in [-0.2, -0.15) is 5.26 Å². The number of para-hydroxylation sites is 1. The smallest absolute Gasteiger partial charge is 0.258 e. The van der Waals surface area contributed by atoms with E-state index < -0.39 is 0 Å². The van der Waals surface area contributed by atoms with E-state index >= 15 is 0 Å². The van der Waals surface area contributed by atoms with Crippen LogP contribution in [-0.2, 0) is 16.1 Å². The number of anilines is 1. The van der Waals surface area contributed by atoms with Crippen molar-refractivity contribution in [1.29, 1.82) is 5.26 Å². The highest BCUT2D eigenvalue weighted by Crippen LogP contribution is 2.22. The Kier molecular flexibility index (Phi) is 7.08. The first-order chi connectivity index (χ1) is 14.1. The molecule has 0 saturated heterocycles. The van der Waals surface area contributed by atoms with Crippen LogP contribution in [0.25, 0.3) is 10.9 Å². The first-order valence-corrected chi connectivity index (χ1v) is 9.95. The van der Waals surface area contributed by atoms with Gasteiger partial charge in [-0.15, -0.1) is 11.3 Å². The minimum atomic E-state index is -0.184. The summed E-state index contributed by atoms with van der Waals surface area (Å²) in [6.45, 7) is 1.92. The van der Waals surface area contributed by atoms with E-state index in [-0.39, 0.29) is 17.9 Å². The number of fused-ring (bicyclic) bond motifs is 1. The van der Waals surface area contributed by atoms with Crippen LogP contribution in [0.1, 0.15) is 17.8 Å². The van der Waals surface area contributed by atoms with E-state index in [1.807, 2.05) is 11.0 Å². The van der Waals surface area contributed by atoms with Gasteiger partial charge in [0.25, 0.3) is 5.56 Å². The van der Waals surface area contributed by atoms with Gasteiger partial charge >= 0.3 is 0 Å². The van der Waals surface area contributed by atoms with E-state index in [1.54, 1.807) is 36.8 Å². The Bertz CT molecular complexity index is 1090. The van der Waals surface area contributed by atoms with Crippen LogP contribution in [0.15, 0.2) is 40.5 Å². The van der Waals surface area contributed by atoms with Crippen molar-refractivity contribution in [2.75, 3.05) is 32.1 Å². The number of nitrogens with zero attached hydrogens (tertiary/aromatic N) is 3. The molecule has 3 rings (SSSR count). The van der Waals surface area contributed by atoms with Gasteiger partial charge in [-0.3, -0.25) is 14.5 Å². The predicted octanol–water partition coefficient (Wildman–Crippen LogP) is 2.33. The molecule has 2 N–H and O–H groups in total. The van der Waals surface area contributed by atoms with Crippen molar-refractivity contribution in [3.05, 3.63) is 57.5 Å². The monoisotopic (exact) mass is 411 g/mol. The maximum absolute atomic E-state index is 12.3. The molecule has 1 aromatic carbocycles. The number of amides is 1. The minimum Gasteiger partial charge on any atom is -0.383 e. The van der Waals surface area contributed by atoms with Crippen LogP contribution in [0, 0.1) is 11.3 Å². The van der Waals surface area contributed by atoms with Crippen LogP contribution in [-0.4, -0.2) is 47.6 Å². The van der Waals surface area contributed by atoms with E-state index in [1.165, 1.54) is 11.3 Å². The van der Waals surface area contributed by atoms with E-state index in [9.17, 15) is 9.59 Å². The Labute approximate surface area is 171 Å². The molecule has 0 aliphatic carbocycles. The summed E-state index contributed by atoms with van der Waals surface area (Å²) < 4.78 is 5.16. The van der Waals surface area contributed by atoms with Gasteiger partial charge in [-0.1, -0.05) is 12.1 Å². The molecule has 9 heteroatoms. The Hall–Kier alpha value is -3.06. The van der Waals surface area contributed by atoms with Crippen LogP contribution in [0.5, 0.6) is 0 Å². The zero-order valence-corrected chi connectivity index (χ0v) is 16.8. The molecule has 150 valence electrons. The number of rotatable bonds is 9. The predicted molar refractivity (Wildman–Crippen MR) is 112 cm³/mol. The first-order valence-electron chi connectivity index (χ1n) is 9.07. The molecule has 0 aliphatic heterocycles. The largest absolute Gasteiger partial charge is 0.383 e. The number of benzene rings is 1. The Balaban J connectivity index is 1.66. The second kappa shape index (κ2) is 9.93. The highest BCUT2D eigenvalue weighted by atomic mass is 32.1. The third kappa shape index (κ3) is 5.48. The number of carbonyl (C=O) groups excluding carboxylic acids is 1. The second-order valence-corrected chi connectivity index (χ2v) is 7.29. The molecular formula is C20H21N5O3S. The van der Waals surface area contributed by atoms with E-state index in [0.29, 0.717) is 53.5 Å². The van der Waals surface area contributed by atoms with Crippen molar-refractivity contribution < 1.29 is 9.53 Å². The summed E-state index contributed by atoms with van der Waals surface area (Å²) in [5.41, 5.74) is 0.909. The molecule has 0 spiro atoms. The van der Waals surface area contributed by atoms with Crippen molar-refractivity contribution in [3.63, 3.8) is 0 Å². The summed E-state index contributed by atoms with van der Waals surface area (Å²) in [6, 6.07) is 10.9. The van der Waals surface area contributed by atoms with Crippen LogP contribution in [0.4, 0.5) is 5.00 Å². The molecular weight excluding hydrogens is 390 g/mol. The number of nitriles is 1. The molecule has 1 amide bonds. The van der Waals surface area contributed by atoms with Gasteiger partial charge in [-0.05, 0) is 23.6 Å². The van der Waals surface area contributed by atoms with Crippen LogP contribution < -0.4 is 10.9 Å². The summed E-state index contributed by atoms with van der Waals surface area (Å²) in [5, 5.41) is 14.7. The molecule has 0 fully saturated rings. The number of hydrogen-bond donors (Lipinski definition) is 2. The number of methoxy groups -OCH3 is 1. The first kappa shape index (κ1) is 20.7. The average molecular weight is 411 g/mol. The van der Waals surface area contributed by atoms with E-state index in [0.717, 1.165) is 0 Å². The van der Waals surface area contributed by atoms with Crippen LogP contribution in [0.2, 0.25) is 0 Å². The molecule has 3 aromatic rings. The zero-order valence-electron chi connectivity index (χ0n) is 16.0. The van der Waals surface area contributed by atoms with Crippen molar-refractivity contribution >= 4 is 33.1 Å². The maximum atomic E-state index is 12.3. The number of H-pyrrole nitrogens is 1. The number of aromatic nitrogens is 2. The second-order valence-electron chi connectivity index (χ2n) is 6.37. The molecule has 0 radical (unpaired) electrons. The molecule has 8 nitrogen and oxygen atoms in total. The van der Waals surface area contributed by atoms with Crippen LogP contribution in [0.3, 0.4) is 0 Å². The Morgan fingerprint density at radius 3 is 2.97 bits per heavy atom. The fourth-order valence-electron chi connectivity index (χ4n) is 2.85. The van der Waals surface area contributed by atoms with Gasteiger partial charge in [0.1, 0.15) is 16.9 Å². The lowest BCUT2D eigenvalue weighted by molar-refractivity contribution is -0.116. The molecule has 2 heterocycles. The lowest BCUT2D eigenvalue weighted by Crippen LogP contribution is -2.32. The van der Waals surface area contributed by atoms with Crippen molar-refractivity contribution in [2.24, 2.45) is 0 Å². The quantitative estimate of drug-likeness (QED) is 0.559. The standard InChI is InChI=1S/C20H21N5O3S/c1-28-10-9-25(8-6-18(26)24-20-14(12-21)7-11-29-20)13-17-22-16-5-3-2-4-15(16)19(27)23-17/h2-5,7,11H,6,8-10,13H2,1H3,(H,24,26)(H,22,23,27). The molecule has 0 aliphatic rings. The molecule has 0 atom stereocenters. The fraction of sp³-hybridized carbons (Fsp3) is 0.300. The van der Waals surface area contributed by atoms with Gasteiger partial charge in [0.05, 0.1) is 29.6 Å². The summed E-state index contributed by atoms with van der Waals surface area (Å²) >= 11 is 1.32. The molecule has 0 saturated carbocycles. The number of carbonyl (C=O) groups is 1. The Morgan fingerprint density at radius 2 is 2.17 bits per heavy atom. The minimum absolute atomic E-state index is 0.175. The van der Waals surface area contributed by atoms with Crippen LogP contribution >= 0.6 is 11.3 Å². The van der Waals surface area contributed by atoms with Gasteiger partial charge in [0.2, 0.25) is 5.91 Å². The summed E-state index contributed by atoms with van der Waals surface area (Å²) in [6.07, 6.45) is 0.240. The topological polar surface area (TPSA) is 111 Å². The molecule has 29 heavy (non-hydrogen) atoms. The van der Waals surface area contributed by atoms with Crippen molar-refractivity contribution in [2.45, 2.75) is 13.0 Å². The van der Waals surface area contributed by atoms with Crippen molar-refractivity contribution in [3.8, 4) is 6.07 Å². The normalized spacial score (nSPS) is 10.9. The van der Waals surface area contributed by atoms with Gasteiger partial charge < -0.3 is 15.0 Å². The summed E-state index contributed by atoms with van der Waals surface area (Å²) in [4.78, 5) is 33.9. The number of thiophene rings is 1. The van der Waals surface area contributed by atoms with Gasteiger partial charge in [0, 0.05) is 26.6 Å². The molecule has 2 aromatic heterocycles. The average Bonchev–Trinajstić information content (AvgIpc) is 3.17. The number of hydrogen-bond acceptors (Lipinski definition) is 7. The van der Waals surface area contributed by atoms with Gasteiger partial charge in [0.15, 0.2) is 0 Å². The van der Waals surface area contributed by atoms with E-state index in [4.69, 9.17) is 10.00 Å². The van der Waals surface area contributed by atoms with Crippen molar-refractivity contribution in [1.82, 2.24) is 14.9 Å². The number of ether oxygens (including phenoxy) is 1. The number of nitrogens with one attached hydrogen (secondary N) is 2. The summed E-state index contributed by atoms with van der Waals surface area (Å²) in [5.74, 6) is 0.363. The molecule has 0 bridgehead atoms. The number of aromatic amines is 1. The fourth-order valence-corrected chi connectivity index (χ4v) is 3.61.